The van der Waals surface area contributed by atoms with Crippen molar-refractivity contribution in [1.29, 1.82) is 0 Å². The lowest BCUT2D eigenvalue weighted by molar-refractivity contribution is -0.142. The van der Waals surface area contributed by atoms with E-state index in [0.29, 0.717) is 0 Å². The molecule has 0 aliphatic carbocycles. The molecular formula is C20H17F6NO3. The molecule has 0 radical (unpaired) electrons. The lowest BCUT2D eigenvalue weighted by Gasteiger charge is -2.22. The van der Waals surface area contributed by atoms with Crippen molar-refractivity contribution >= 4 is 17.6 Å². The quantitative estimate of drug-likeness (QED) is 0.483. The van der Waals surface area contributed by atoms with Gasteiger partial charge in [0, 0.05) is 5.69 Å². The van der Waals surface area contributed by atoms with Crippen LogP contribution in [0.1, 0.15) is 23.6 Å². The van der Waals surface area contributed by atoms with Gasteiger partial charge in [0.15, 0.2) is 0 Å². The molecule has 0 aliphatic rings. The van der Waals surface area contributed by atoms with E-state index in [1.807, 2.05) is 0 Å². The van der Waals surface area contributed by atoms with Gasteiger partial charge in [-0.3, -0.25) is 9.59 Å². The van der Waals surface area contributed by atoms with Crippen LogP contribution in [0.25, 0.3) is 0 Å². The van der Waals surface area contributed by atoms with Crippen LogP contribution in [0.5, 0.6) is 0 Å². The fraction of sp³-hybridized carbons (Fsp3) is 0.300. The third kappa shape index (κ3) is 6.23. The van der Waals surface area contributed by atoms with Gasteiger partial charge in [0.2, 0.25) is 5.91 Å². The lowest BCUT2D eigenvalue weighted by atomic mass is 10.1. The van der Waals surface area contributed by atoms with Crippen molar-refractivity contribution in [3.05, 3.63) is 65.2 Å². The number of carbonyl (C=O) groups excluding carboxylic acids is 2. The monoisotopic (exact) mass is 433 g/mol. The van der Waals surface area contributed by atoms with Gasteiger partial charge in [0.05, 0.1) is 24.2 Å². The van der Waals surface area contributed by atoms with Gasteiger partial charge in [-0.05, 0) is 42.8 Å². The zero-order valence-corrected chi connectivity index (χ0v) is 15.7. The van der Waals surface area contributed by atoms with Crippen molar-refractivity contribution in [2.45, 2.75) is 25.7 Å². The van der Waals surface area contributed by atoms with Gasteiger partial charge in [-0.1, -0.05) is 18.2 Å². The number of nitrogens with zero attached hydrogens (tertiary/aromatic N) is 1. The van der Waals surface area contributed by atoms with Crippen LogP contribution in [-0.2, 0) is 33.1 Å². The van der Waals surface area contributed by atoms with Gasteiger partial charge in [-0.2, -0.15) is 26.3 Å². The Hall–Kier alpha value is -3.04. The summed E-state index contributed by atoms with van der Waals surface area (Å²) in [6, 6.07) is 7.59. The van der Waals surface area contributed by atoms with Crippen LogP contribution in [0, 0.1) is 0 Å². The molecule has 4 nitrogen and oxygen atoms in total. The standard InChI is InChI=1S/C20H17F6NO3/c1-2-30-18(29)12-27(16-8-6-14(7-9-16)19(21,22)23)17(28)11-13-4-3-5-15(10-13)20(24,25)26/h3-10H,2,11-12H2,1H3. The van der Waals surface area contributed by atoms with E-state index >= 15 is 0 Å². The predicted molar refractivity (Wildman–Crippen MR) is 95.6 cm³/mol. The molecular weight excluding hydrogens is 416 g/mol. The molecule has 0 saturated carbocycles. The molecule has 2 aromatic carbocycles. The summed E-state index contributed by atoms with van der Waals surface area (Å²) in [5, 5.41) is 0. The maximum Gasteiger partial charge on any atom is 0.416 e. The summed E-state index contributed by atoms with van der Waals surface area (Å²) in [4.78, 5) is 25.4. The number of hydrogen-bond acceptors (Lipinski definition) is 3. The van der Waals surface area contributed by atoms with Crippen molar-refractivity contribution in [1.82, 2.24) is 0 Å². The Morgan fingerprint density at radius 3 is 2.03 bits per heavy atom. The van der Waals surface area contributed by atoms with Gasteiger partial charge < -0.3 is 9.64 Å². The molecule has 10 heteroatoms. The van der Waals surface area contributed by atoms with E-state index in [4.69, 9.17) is 4.74 Å². The zero-order chi connectivity index (χ0) is 22.5. The molecule has 0 fully saturated rings. The average Bonchev–Trinajstić information content (AvgIpc) is 2.65. The second-order valence-electron chi connectivity index (χ2n) is 6.20. The van der Waals surface area contributed by atoms with Crippen LogP contribution in [0.4, 0.5) is 32.0 Å². The van der Waals surface area contributed by atoms with Crippen molar-refractivity contribution in [2.75, 3.05) is 18.1 Å². The molecule has 1 amide bonds. The number of halogens is 6. The molecule has 0 spiro atoms. The van der Waals surface area contributed by atoms with Crippen molar-refractivity contribution < 1.29 is 40.7 Å². The number of rotatable bonds is 6. The summed E-state index contributed by atoms with van der Waals surface area (Å²) in [6.45, 7) is 0.948. The number of carbonyl (C=O) groups is 2. The molecule has 0 N–H and O–H groups in total. The van der Waals surface area contributed by atoms with Crippen LogP contribution in [0.15, 0.2) is 48.5 Å². The molecule has 30 heavy (non-hydrogen) atoms. The number of esters is 1. The van der Waals surface area contributed by atoms with Crippen LogP contribution >= 0.6 is 0 Å². The van der Waals surface area contributed by atoms with Crippen LogP contribution in [0.3, 0.4) is 0 Å². The third-order valence-corrected chi connectivity index (χ3v) is 4.01. The van der Waals surface area contributed by atoms with Gasteiger partial charge in [-0.15, -0.1) is 0 Å². The number of hydrogen-bond donors (Lipinski definition) is 0. The minimum absolute atomic E-state index is 0.0154. The smallest absolute Gasteiger partial charge is 0.416 e. The maximum absolute atomic E-state index is 12.9. The number of benzene rings is 2. The topological polar surface area (TPSA) is 46.6 Å². The Kier molecular flexibility index (Phi) is 7.12. The molecule has 162 valence electrons. The van der Waals surface area contributed by atoms with Gasteiger partial charge in [-0.25, -0.2) is 0 Å². The summed E-state index contributed by atoms with van der Waals surface area (Å²) >= 11 is 0. The molecule has 0 aromatic heterocycles. The Bertz CT molecular complexity index is 891. The van der Waals surface area contributed by atoms with Crippen molar-refractivity contribution in [3.8, 4) is 0 Å². The minimum Gasteiger partial charge on any atom is -0.465 e. The van der Waals surface area contributed by atoms with E-state index in [9.17, 15) is 35.9 Å². The van der Waals surface area contributed by atoms with E-state index in [1.165, 1.54) is 13.0 Å². The van der Waals surface area contributed by atoms with E-state index in [-0.39, 0.29) is 17.9 Å². The Labute approximate surface area is 168 Å². The first-order valence-corrected chi connectivity index (χ1v) is 8.71. The van der Waals surface area contributed by atoms with E-state index in [1.54, 1.807) is 0 Å². The zero-order valence-electron chi connectivity index (χ0n) is 15.7. The summed E-state index contributed by atoms with van der Waals surface area (Å²) in [5.41, 5.74) is -1.88. The van der Waals surface area contributed by atoms with Crippen LogP contribution in [0.2, 0.25) is 0 Å². The first-order chi connectivity index (χ1) is 13.9. The molecule has 0 bridgehead atoms. The number of ether oxygens (including phenoxy) is 1. The summed E-state index contributed by atoms with van der Waals surface area (Å²) < 4.78 is 81.7. The second kappa shape index (κ2) is 9.19. The van der Waals surface area contributed by atoms with Crippen molar-refractivity contribution in [3.63, 3.8) is 0 Å². The maximum atomic E-state index is 12.9. The van der Waals surface area contributed by atoms with Crippen LogP contribution < -0.4 is 4.90 Å². The van der Waals surface area contributed by atoms with E-state index in [0.717, 1.165) is 47.4 Å². The number of amides is 1. The first-order valence-electron chi connectivity index (χ1n) is 8.71. The largest absolute Gasteiger partial charge is 0.465 e. The average molecular weight is 433 g/mol. The molecule has 0 aliphatic heterocycles. The number of alkyl halides is 6. The highest BCUT2D eigenvalue weighted by Crippen LogP contribution is 2.31. The highest BCUT2D eigenvalue weighted by Gasteiger charge is 2.32. The Morgan fingerprint density at radius 1 is 0.900 bits per heavy atom. The molecule has 0 saturated heterocycles. The highest BCUT2D eigenvalue weighted by atomic mass is 19.4. The van der Waals surface area contributed by atoms with Gasteiger partial charge in [0.25, 0.3) is 0 Å². The van der Waals surface area contributed by atoms with Gasteiger partial charge >= 0.3 is 18.3 Å². The molecule has 0 heterocycles. The molecule has 2 rings (SSSR count). The summed E-state index contributed by atoms with van der Waals surface area (Å²) in [6.07, 6.45) is -9.69. The van der Waals surface area contributed by atoms with E-state index in [2.05, 4.69) is 0 Å². The van der Waals surface area contributed by atoms with Crippen LogP contribution in [-0.4, -0.2) is 25.0 Å². The summed E-state index contributed by atoms with van der Waals surface area (Å²) in [5.74, 6) is -1.59. The Morgan fingerprint density at radius 2 is 1.50 bits per heavy atom. The fourth-order valence-corrected chi connectivity index (χ4v) is 2.62. The van der Waals surface area contributed by atoms with Crippen molar-refractivity contribution in [2.24, 2.45) is 0 Å². The molecule has 0 unspecified atom stereocenters. The lowest BCUT2D eigenvalue weighted by Crippen LogP contribution is -2.37. The highest BCUT2D eigenvalue weighted by molar-refractivity contribution is 5.98. The number of anilines is 1. The first kappa shape index (κ1) is 23.2. The SMILES string of the molecule is CCOC(=O)CN(C(=O)Cc1cccc(C(F)(F)F)c1)c1ccc(C(F)(F)F)cc1. The minimum atomic E-state index is -4.60. The second-order valence-corrected chi connectivity index (χ2v) is 6.20. The predicted octanol–water partition coefficient (Wildman–Crippen LogP) is 4.86. The Balaban J connectivity index is 2.30. The third-order valence-electron chi connectivity index (χ3n) is 4.01. The summed E-state index contributed by atoms with van der Waals surface area (Å²) in [7, 11) is 0. The fourth-order valence-electron chi connectivity index (χ4n) is 2.62. The van der Waals surface area contributed by atoms with Gasteiger partial charge in [0.1, 0.15) is 6.54 Å². The molecule has 0 atom stereocenters. The van der Waals surface area contributed by atoms with E-state index < -0.39 is 48.3 Å². The molecule has 2 aromatic rings. The normalized spacial score (nSPS) is 11.8.